The summed E-state index contributed by atoms with van der Waals surface area (Å²) in [5.41, 5.74) is 10.9. The number of aliphatic imine (C=N–C) groups is 1. The van der Waals surface area contributed by atoms with Gasteiger partial charge in [-0.3, -0.25) is 0 Å². The van der Waals surface area contributed by atoms with E-state index in [0.29, 0.717) is 17.1 Å². The molecule has 30 heavy (non-hydrogen) atoms. The normalized spacial score (nSPS) is 16.9. The summed E-state index contributed by atoms with van der Waals surface area (Å²) in [7, 11) is -3.66. The van der Waals surface area contributed by atoms with Crippen LogP contribution in [-0.4, -0.2) is 28.9 Å². The average molecular weight is 440 g/mol. The second-order valence-corrected chi connectivity index (χ2v) is 9.53. The fourth-order valence-electron chi connectivity index (χ4n) is 3.29. The van der Waals surface area contributed by atoms with E-state index in [2.05, 4.69) is 10.1 Å². The lowest BCUT2D eigenvalue weighted by molar-refractivity contribution is 0.435. The highest BCUT2D eigenvalue weighted by Crippen LogP contribution is 2.36. The molecule has 9 heteroatoms. The highest BCUT2D eigenvalue weighted by Gasteiger charge is 2.26. The van der Waals surface area contributed by atoms with Crippen LogP contribution >= 0.6 is 11.8 Å². The lowest BCUT2D eigenvalue weighted by Crippen LogP contribution is -2.32. The molecule has 154 valence electrons. The van der Waals surface area contributed by atoms with Crippen molar-refractivity contribution in [3.05, 3.63) is 83.7 Å². The highest BCUT2D eigenvalue weighted by molar-refractivity contribution is 8.12. The van der Waals surface area contributed by atoms with E-state index in [1.165, 1.54) is 16.1 Å². The van der Waals surface area contributed by atoms with Crippen molar-refractivity contribution in [2.75, 3.05) is 0 Å². The van der Waals surface area contributed by atoms with Gasteiger partial charge < -0.3 is 5.73 Å². The van der Waals surface area contributed by atoms with Crippen LogP contribution in [0.25, 0.3) is 0 Å². The van der Waals surface area contributed by atoms with Gasteiger partial charge in [-0.05, 0) is 55.8 Å². The molecule has 2 N–H and O–H groups in total. The highest BCUT2D eigenvalue weighted by atomic mass is 32.2. The van der Waals surface area contributed by atoms with E-state index in [-0.39, 0.29) is 16.2 Å². The van der Waals surface area contributed by atoms with Crippen LogP contribution < -0.4 is 5.73 Å². The van der Waals surface area contributed by atoms with Gasteiger partial charge in [-0.1, -0.05) is 42.1 Å². The number of guanidine groups is 1. The first-order chi connectivity index (χ1) is 14.4. The van der Waals surface area contributed by atoms with Crippen molar-refractivity contribution >= 4 is 39.0 Å². The summed E-state index contributed by atoms with van der Waals surface area (Å²) in [6, 6.07) is 19.8. The van der Waals surface area contributed by atoms with Gasteiger partial charge in [-0.2, -0.15) is 5.10 Å². The van der Waals surface area contributed by atoms with E-state index in [1.807, 2.05) is 30.3 Å². The van der Waals surface area contributed by atoms with Crippen molar-refractivity contribution in [2.45, 2.75) is 24.1 Å². The standard InChI is InChI=1S/C21H21N5O2S2/c1-15-8-9-16(2)26(15)30(27,28)19-12-10-18(11-13-19)24-21(22)25-20(29-14-23-25)17-6-4-3-5-7-17/h3-14,20H,1-2H3,(H2,22,24). The van der Waals surface area contributed by atoms with Crippen LogP contribution in [0.3, 0.4) is 0 Å². The van der Waals surface area contributed by atoms with Gasteiger partial charge in [-0.25, -0.2) is 22.4 Å². The Morgan fingerprint density at radius 1 is 1.00 bits per heavy atom. The van der Waals surface area contributed by atoms with Crippen molar-refractivity contribution in [1.82, 2.24) is 8.98 Å². The van der Waals surface area contributed by atoms with Gasteiger partial charge in [0, 0.05) is 11.4 Å². The second kappa shape index (κ2) is 8.00. The molecule has 4 rings (SSSR count). The Morgan fingerprint density at radius 3 is 2.27 bits per heavy atom. The third-order valence-corrected chi connectivity index (χ3v) is 7.60. The molecule has 1 aliphatic heterocycles. The predicted octanol–water partition coefficient (Wildman–Crippen LogP) is 3.98. The molecule has 0 fully saturated rings. The molecule has 1 aromatic heterocycles. The molecule has 7 nitrogen and oxygen atoms in total. The second-order valence-electron chi connectivity index (χ2n) is 6.81. The number of aryl methyl sites for hydroxylation is 2. The van der Waals surface area contributed by atoms with Crippen LogP contribution in [0, 0.1) is 13.8 Å². The van der Waals surface area contributed by atoms with E-state index in [0.717, 1.165) is 5.56 Å². The summed E-state index contributed by atoms with van der Waals surface area (Å²) >= 11 is 1.54. The van der Waals surface area contributed by atoms with Crippen LogP contribution in [0.1, 0.15) is 22.3 Å². The molecule has 0 aliphatic carbocycles. The molecule has 0 radical (unpaired) electrons. The first-order valence-electron chi connectivity index (χ1n) is 9.25. The third kappa shape index (κ3) is 3.73. The van der Waals surface area contributed by atoms with Gasteiger partial charge in [0.25, 0.3) is 10.0 Å². The van der Waals surface area contributed by atoms with Gasteiger partial charge in [0.1, 0.15) is 5.37 Å². The molecule has 0 saturated carbocycles. The van der Waals surface area contributed by atoms with Crippen molar-refractivity contribution in [3.63, 3.8) is 0 Å². The molecule has 0 spiro atoms. The van der Waals surface area contributed by atoms with Crippen molar-refractivity contribution < 1.29 is 8.42 Å². The van der Waals surface area contributed by atoms with Gasteiger partial charge in [0.05, 0.1) is 16.1 Å². The SMILES string of the molecule is Cc1ccc(C)n1S(=O)(=O)c1ccc(N=C(N)N2N=CSC2c2ccccc2)cc1. The Labute approximate surface area is 180 Å². The van der Waals surface area contributed by atoms with Crippen molar-refractivity contribution in [1.29, 1.82) is 0 Å². The van der Waals surface area contributed by atoms with E-state index in [9.17, 15) is 8.42 Å². The predicted molar refractivity (Wildman–Crippen MR) is 121 cm³/mol. The van der Waals surface area contributed by atoms with Crippen LogP contribution in [0.5, 0.6) is 0 Å². The van der Waals surface area contributed by atoms with Crippen LogP contribution in [0.2, 0.25) is 0 Å². The minimum atomic E-state index is -3.66. The molecule has 0 bridgehead atoms. The van der Waals surface area contributed by atoms with E-state index >= 15 is 0 Å². The van der Waals surface area contributed by atoms with E-state index in [4.69, 9.17) is 5.73 Å². The summed E-state index contributed by atoms with van der Waals surface area (Å²) in [5, 5.41) is 5.88. The lowest BCUT2D eigenvalue weighted by atomic mass is 10.2. The number of hydrogen-bond acceptors (Lipinski definition) is 5. The number of aromatic nitrogens is 1. The Morgan fingerprint density at radius 2 is 1.63 bits per heavy atom. The lowest BCUT2D eigenvalue weighted by Gasteiger charge is -2.21. The number of nitrogens with zero attached hydrogens (tertiary/aromatic N) is 4. The smallest absolute Gasteiger partial charge is 0.268 e. The maximum atomic E-state index is 13.0. The summed E-state index contributed by atoms with van der Waals surface area (Å²) in [6.07, 6.45) is 0. The zero-order valence-electron chi connectivity index (χ0n) is 16.5. The van der Waals surface area contributed by atoms with Crippen LogP contribution in [-0.2, 0) is 10.0 Å². The molecular formula is C21H21N5O2S2. The van der Waals surface area contributed by atoms with Gasteiger partial charge >= 0.3 is 0 Å². The minimum Gasteiger partial charge on any atom is -0.368 e. The monoisotopic (exact) mass is 439 g/mol. The fourth-order valence-corrected chi connectivity index (χ4v) is 5.72. The summed E-state index contributed by atoms with van der Waals surface area (Å²) in [5.74, 6) is 0.234. The minimum absolute atomic E-state index is 0.0886. The first-order valence-corrected chi connectivity index (χ1v) is 11.6. The van der Waals surface area contributed by atoms with Gasteiger partial charge in [0.2, 0.25) is 5.96 Å². The molecule has 1 atom stereocenters. The summed E-state index contributed by atoms with van der Waals surface area (Å²) < 4.78 is 27.2. The molecular weight excluding hydrogens is 418 g/mol. The van der Waals surface area contributed by atoms with Gasteiger partial charge in [0.15, 0.2) is 0 Å². The third-order valence-electron chi connectivity index (χ3n) is 4.73. The summed E-state index contributed by atoms with van der Waals surface area (Å²) in [6.45, 7) is 3.53. The quantitative estimate of drug-likeness (QED) is 0.490. The Kier molecular flexibility index (Phi) is 5.40. The molecule has 3 aromatic rings. The molecule has 0 saturated heterocycles. The molecule has 0 amide bonds. The Hall–Kier alpha value is -3.04. The van der Waals surface area contributed by atoms with Crippen LogP contribution in [0.4, 0.5) is 5.69 Å². The zero-order valence-corrected chi connectivity index (χ0v) is 18.1. The van der Waals surface area contributed by atoms with Crippen molar-refractivity contribution in [2.24, 2.45) is 15.8 Å². The fraction of sp³-hybridized carbons (Fsp3) is 0.143. The topological polar surface area (TPSA) is 93.0 Å². The Balaban J connectivity index is 1.59. The number of rotatable bonds is 4. The molecule has 1 aliphatic rings. The number of nitrogens with two attached hydrogens (primary N) is 1. The largest absolute Gasteiger partial charge is 0.368 e. The molecule has 2 heterocycles. The number of hydrazone groups is 1. The van der Waals surface area contributed by atoms with E-state index in [1.54, 1.807) is 60.4 Å². The molecule has 1 unspecified atom stereocenters. The van der Waals surface area contributed by atoms with Crippen LogP contribution in [0.15, 0.2) is 81.7 Å². The number of benzene rings is 2. The number of hydrogen-bond donors (Lipinski definition) is 1. The average Bonchev–Trinajstić information content (AvgIpc) is 3.36. The van der Waals surface area contributed by atoms with Crippen molar-refractivity contribution in [3.8, 4) is 0 Å². The zero-order chi connectivity index (χ0) is 21.3. The summed E-state index contributed by atoms with van der Waals surface area (Å²) in [4.78, 5) is 4.62. The first kappa shape index (κ1) is 20.2. The Bertz CT molecular complexity index is 1200. The van der Waals surface area contributed by atoms with Gasteiger partial charge in [-0.15, -0.1) is 0 Å². The maximum Gasteiger partial charge on any atom is 0.268 e. The maximum absolute atomic E-state index is 13.0. The number of thioether (sulfide) groups is 1. The molecule has 2 aromatic carbocycles. The van der Waals surface area contributed by atoms with E-state index < -0.39 is 10.0 Å².